The Morgan fingerprint density at radius 1 is 1.07 bits per heavy atom. The second kappa shape index (κ2) is 11.1. The lowest BCUT2D eigenvalue weighted by Gasteiger charge is -2.54. The van der Waals surface area contributed by atoms with Crippen molar-refractivity contribution < 1.29 is 26.9 Å². The summed E-state index contributed by atoms with van der Waals surface area (Å²) in [5, 5.41) is 0. The van der Waals surface area contributed by atoms with Gasteiger partial charge < -0.3 is 14.4 Å². The Labute approximate surface area is 264 Å². The maximum absolute atomic E-state index is 13.6. The maximum atomic E-state index is 13.6. The van der Waals surface area contributed by atoms with Crippen molar-refractivity contribution in [2.45, 2.75) is 116 Å². The summed E-state index contributed by atoms with van der Waals surface area (Å²) in [6.45, 7) is 10.4. The highest BCUT2D eigenvalue weighted by molar-refractivity contribution is 7.86. The first-order chi connectivity index (χ1) is 20.9. The monoisotopic (exact) mass is 625 g/mol. The van der Waals surface area contributed by atoms with E-state index in [-0.39, 0.29) is 47.9 Å². The number of nitrogens with zero attached hydrogens (tertiary/aromatic N) is 1. The summed E-state index contributed by atoms with van der Waals surface area (Å²) in [5.41, 5.74) is 3.99. The van der Waals surface area contributed by atoms with E-state index in [2.05, 4.69) is 27.7 Å². The van der Waals surface area contributed by atoms with Crippen LogP contribution in [0.15, 0.2) is 41.5 Å². The smallest absolute Gasteiger partial charge is 0.410 e. The molecule has 0 radical (unpaired) electrons. The highest BCUT2D eigenvalue weighted by Gasteiger charge is 2.63. The van der Waals surface area contributed by atoms with Crippen LogP contribution in [0.25, 0.3) is 0 Å². The van der Waals surface area contributed by atoms with Crippen LogP contribution in [0.1, 0.15) is 91.0 Å². The Morgan fingerprint density at radius 3 is 2.59 bits per heavy atom. The zero-order valence-corrected chi connectivity index (χ0v) is 28.0. The number of piperidine rings is 1. The number of likely N-dealkylation sites (tertiary alicyclic amines) is 1. The summed E-state index contributed by atoms with van der Waals surface area (Å²) < 4.78 is 42.3. The molecule has 0 bridgehead atoms. The summed E-state index contributed by atoms with van der Waals surface area (Å²) in [6, 6.07) is 9.95. The summed E-state index contributed by atoms with van der Waals surface area (Å²) in [5.74, 6) is 3.04. The second-order valence-electron chi connectivity index (χ2n) is 15.6. The number of rotatable bonds is 4. The SMILES string of the molecule is CC1=C2C[C@H]3C(CC[C@@H]4C[C@@H](OS(C)(=O)=O)CCC43C)[C@@H]2CC[C@]12O[C@@H]1C[C@H](C)CN(C(=O)OCc3ccccc3)[C@H]1[C@H]2C. The van der Waals surface area contributed by atoms with Crippen LogP contribution in [0.3, 0.4) is 0 Å². The molecule has 1 aromatic rings. The fourth-order valence-corrected chi connectivity index (χ4v) is 11.9. The summed E-state index contributed by atoms with van der Waals surface area (Å²) in [6.07, 6.45) is 10.2. The van der Waals surface area contributed by atoms with Crippen LogP contribution in [0, 0.1) is 40.9 Å². The van der Waals surface area contributed by atoms with E-state index in [9.17, 15) is 13.2 Å². The van der Waals surface area contributed by atoms with Gasteiger partial charge in [-0.15, -0.1) is 0 Å². The summed E-state index contributed by atoms with van der Waals surface area (Å²) in [7, 11) is -3.43. The minimum absolute atomic E-state index is 0.0253. The quantitative estimate of drug-likeness (QED) is 0.262. The molecule has 7 nitrogen and oxygen atoms in total. The van der Waals surface area contributed by atoms with Gasteiger partial charge in [0.1, 0.15) is 6.61 Å². The molecule has 2 aliphatic heterocycles. The van der Waals surface area contributed by atoms with Crippen LogP contribution in [-0.2, 0) is 30.4 Å². The van der Waals surface area contributed by atoms with Crippen molar-refractivity contribution in [2.75, 3.05) is 12.8 Å². The Kier molecular flexibility index (Phi) is 7.77. The Balaban J connectivity index is 1.12. The molecule has 6 aliphatic rings. The van der Waals surface area contributed by atoms with Crippen LogP contribution in [-0.4, -0.2) is 56.1 Å². The number of amides is 1. The molecule has 11 atom stereocenters. The molecule has 1 amide bonds. The first kappa shape index (κ1) is 30.7. The molecule has 7 rings (SSSR count). The number of allylic oxidation sites excluding steroid dienone is 1. The molecule has 8 heteroatoms. The van der Waals surface area contributed by atoms with Crippen molar-refractivity contribution in [3.8, 4) is 0 Å². The van der Waals surface area contributed by atoms with Gasteiger partial charge in [0.2, 0.25) is 0 Å². The number of hydrogen-bond acceptors (Lipinski definition) is 6. The zero-order valence-electron chi connectivity index (χ0n) is 27.2. The van der Waals surface area contributed by atoms with Crippen molar-refractivity contribution in [3.05, 3.63) is 47.0 Å². The van der Waals surface area contributed by atoms with Gasteiger partial charge in [-0.05, 0) is 111 Å². The van der Waals surface area contributed by atoms with Crippen LogP contribution in [0.4, 0.5) is 4.79 Å². The van der Waals surface area contributed by atoms with Gasteiger partial charge in [-0.3, -0.25) is 4.18 Å². The molecular formula is C36H51NO6S. The van der Waals surface area contributed by atoms with Crippen molar-refractivity contribution >= 4 is 16.2 Å². The third kappa shape index (κ3) is 5.06. The number of ether oxygens (including phenoxy) is 2. The van der Waals surface area contributed by atoms with Crippen LogP contribution >= 0.6 is 0 Å². The van der Waals surface area contributed by atoms with E-state index in [1.807, 2.05) is 35.2 Å². The third-order valence-electron chi connectivity index (χ3n) is 13.3. The molecule has 1 spiro atoms. The van der Waals surface area contributed by atoms with Gasteiger partial charge in [0.25, 0.3) is 10.1 Å². The minimum atomic E-state index is -3.43. The number of hydrogen-bond donors (Lipinski definition) is 0. The van der Waals surface area contributed by atoms with Crippen LogP contribution < -0.4 is 0 Å². The van der Waals surface area contributed by atoms with Gasteiger partial charge in [0.05, 0.1) is 30.1 Å². The van der Waals surface area contributed by atoms with Gasteiger partial charge in [-0.25, -0.2) is 4.79 Å². The van der Waals surface area contributed by atoms with E-state index in [1.54, 1.807) is 5.57 Å². The Morgan fingerprint density at radius 2 is 1.84 bits per heavy atom. The maximum Gasteiger partial charge on any atom is 0.410 e. The average Bonchev–Trinajstić information content (AvgIpc) is 3.50. The molecule has 2 saturated heterocycles. The van der Waals surface area contributed by atoms with Crippen LogP contribution in [0.5, 0.6) is 0 Å². The Bertz CT molecular complexity index is 1410. The lowest BCUT2D eigenvalue weighted by atomic mass is 9.52. The predicted octanol–water partition coefficient (Wildman–Crippen LogP) is 7.11. The number of carbonyl (C=O) groups excluding carboxylic acids is 1. The molecular weight excluding hydrogens is 574 g/mol. The number of benzene rings is 1. The van der Waals surface area contributed by atoms with E-state index in [1.165, 1.54) is 24.7 Å². The van der Waals surface area contributed by atoms with E-state index >= 15 is 0 Å². The topological polar surface area (TPSA) is 82.1 Å². The van der Waals surface area contributed by atoms with Gasteiger partial charge in [-0.1, -0.05) is 56.7 Å². The van der Waals surface area contributed by atoms with Crippen molar-refractivity contribution in [1.29, 1.82) is 0 Å². The van der Waals surface area contributed by atoms with E-state index in [0.717, 1.165) is 50.5 Å². The lowest BCUT2D eigenvalue weighted by molar-refractivity contribution is -0.0709. The van der Waals surface area contributed by atoms with Crippen LogP contribution in [0.2, 0.25) is 0 Å². The average molecular weight is 626 g/mol. The molecule has 0 aromatic heterocycles. The van der Waals surface area contributed by atoms with Gasteiger partial charge in [0.15, 0.2) is 0 Å². The molecule has 44 heavy (non-hydrogen) atoms. The van der Waals surface area contributed by atoms with Crippen molar-refractivity contribution in [2.24, 2.45) is 40.9 Å². The normalized spacial score (nSPS) is 43.3. The Hall–Kier alpha value is -1.90. The van der Waals surface area contributed by atoms with Gasteiger partial charge in [-0.2, -0.15) is 8.42 Å². The summed E-state index contributed by atoms with van der Waals surface area (Å²) in [4.78, 5) is 15.6. The highest BCUT2D eigenvalue weighted by Crippen LogP contribution is 2.66. The molecule has 242 valence electrons. The number of fused-ring (bicyclic) bond motifs is 6. The first-order valence-electron chi connectivity index (χ1n) is 17.1. The molecule has 2 unspecified atom stereocenters. The highest BCUT2D eigenvalue weighted by atomic mass is 32.2. The summed E-state index contributed by atoms with van der Waals surface area (Å²) >= 11 is 0. The molecule has 1 aromatic carbocycles. The minimum Gasteiger partial charge on any atom is -0.445 e. The number of carbonyl (C=O) groups is 1. The standard InChI is InChI=1S/C36H51NO6S/c1-22-17-32-33(37(20-22)34(38)41-21-25-9-7-6-8-10-25)24(3)36(42-32)16-14-28-29-12-11-26-18-27(43-44(5,39)40)13-15-35(26,4)31(29)19-30(28)23(36)2/h6-10,22,24,26-29,31-33H,11-21H2,1-5H3/t22-,24+,26+,27-,28-,29?,31-,32+,33-,35?,36-/m0/s1. The van der Waals surface area contributed by atoms with Gasteiger partial charge in [0, 0.05) is 12.5 Å². The molecule has 2 heterocycles. The fourth-order valence-electron chi connectivity index (χ4n) is 11.2. The second-order valence-corrected chi connectivity index (χ2v) is 17.2. The molecule has 5 fully saturated rings. The molecule has 3 saturated carbocycles. The third-order valence-corrected chi connectivity index (χ3v) is 13.9. The van der Waals surface area contributed by atoms with Gasteiger partial charge >= 0.3 is 6.09 Å². The zero-order chi connectivity index (χ0) is 31.0. The van der Waals surface area contributed by atoms with Crippen molar-refractivity contribution in [3.63, 3.8) is 0 Å². The molecule has 4 aliphatic carbocycles. The molecule has 0 N–H and O–H groups in total. The van der Waals surface area contributed by atoms with E-state index in [4.69, 9.17) is 13.7 Å². The van der Waals surface area contributed by atoms with E-state index < -0.39 is 10.1 Å². The van der Waals surface area contributed by atoms with Crippen molar-refractivity contribution in [1.82, 2.24) is 4.90 Å². The first-order valence-corrected chi connectivity index (χ1v) is 18.9. The fraction of sp³-hybridized carbons (Fsp3) is 0.750. The van der Waals surface area contributed by atoms with E-state index in [0.29, 0.717) is 36.1 Å². The largest absolute Gasteiger partial charge is 0.445 e. The lowest BCUT2D eigenvalue weighted by Crippen LogP contribution is -2.54. The predicted molar refractivity (Wildman–Crippen MR) is 169 cm³/mol.